The van der Waals surface area contributed by atoms with Crippen LogP contribution in [0.15, 0.2) is 12.5 Å². The molecule has 3 heterocycles. The van der Waals surface area contributed by atoms with Crippen LogP contribution in [0.5, 0.6) is 0 Å². The van der Waals surface area contributed by atoms with E-state index in [0.29, 0.717) is 18.0 Å². The maximum Gasteiger partial charge on any atom is 0.143 e. The molecule has 0 amide bonds. The van der Waals surface area contributed by atoms with Crippen LogP contribution in [0, 0.1) is 0 Å². The maximum atomic E-state index is 4.55. The van der Waals surface area contributed by atoms with Crippen LogP contribution in [0.2, 0.25) is 0 Å². The van der Waals surface area contributed by atoms with Crippen LogP contribution in [0.1, 0.15) is 56.9 Å². The molecule has 0 aromatic carbocycles. The zero-order valence-electron chi connectivity index (χ0n) is 13.2. The Hall–Kier alpha value is -1.62. The van der Waals surface area contributed by atoms with Gasteiger partial charge in [0, 0.05) is 24.8 Å². The second-order valence-corrected chi connectivity index (χ2v) is 6.90. The topological polar surface area (TPSA) is 65.6 Å². The van der Waals surface area contributed by atoms with Gasteiger partial charge in [-0.15, -0.1) is 0 Å². The highest BCUT2D eigenvalue weighted by molar-refractivity contribution is 5.91. The number of nitrogens with zero attached hydrogens (tertiary/aromatic N) is 2. The minimum absolute atomic E-state index is 0.459. The lowest BCUT2D eigenvalue weighted by molar-refractivity contribution is 0.398. The summed E-state index contributed by atoms with van der Waals surface area (Å²) in [7, 11) is 0. The van der Waals surface area contributed by atoms with Crippen LogP contribution in [0.25, 0.3) is 11.0 Å². The molecule has 2 unspecified atom stereocenters. The highest BCUT2D eigenvalue weighted by Gasteiger charge is 2.24. The van der Waals surface area contributed by atoms with Gasteiger partial charge in [-0.05, 0) is 44.1 Å². The molecule has 2 atom stereocenters. The van der Waals surface area contributed by atoms with Gasteiger partial charge in [0.1, 0.15) is 17.8 Å². The first kappa shape index (κ1) is 14.0. The number of H-pyrrole nitrogens is 1. The Labute approximate surface area is 131 Å². The first-order valence-corrected chi connectivity index (χ1v) is 8.63. The molecule has 1 saturated carbocycles. The van der Waals surface area contributed by atoms with Gasteiger partial charge >= 0.3 is 0 Å². The Morgan fingerprint density at radius 3 is 2.77 bits per heavy atom. The summed E-state index contributed by atoms with van der Waals surface area (Å²) < 4.78 is 0. The third-order valence-electron chi connectivity index (χ3n) is 5.30. The van der Waals surface area contributed by atoms with E-state index in [0.717, 1.165) is 18.0 Å². The smallest absolute Gasteiger partial charge is 0.143 e. The van der Waals surface area contributed by atoms with Crippen molar-refractivity contribution in [1.29, 1.82) is 0 Å². The molecule has 1 aliphatic heterocycles. The van der Waals surface area contributed by atoms with Crippen molar-refractivity contribution in [1.82, 2.24) is 20.3 Å². The number of rotatable bonds is 3. The highest BCUT2D eigenvalue weighted by Crippen LogP contribution is 2.39. The predicted octanol–water partition coefficient (Wildman–Crippen LogP) is 3.17. The van der Waals surface area contributed by atoms with Gasteiger partial charge in [-0.2, -0.15) is 0 Å². The highest BCUT2D eigenvalue weighted by atomic mass is 15.1. The second kappa shape index (κ2) is 5.88. The number of nitrogens with one attached hydrogen (secondary N) is 3. The molecule has 2 aliphatic rings. The van der Waals surface area contributed by atoms with Gasteiger partial charge in [0.05, 0.1) is 5.39 Å². The molecule has 0 bridgehead atoms. The van der Waals surface area contributed by atoms with E-state index in [4.69, 9.17) is 0 Å². The summed E-state index contributed by atoms with van der Waals surface area (Å²) in [6.07, 6.45) is 11.5. The first-order chi connectivity index (χ1) is 10.8. The van der Waals surface area contributed by atoms with E-state index in [-0.39, 0.29) is 0 Å². The van der Waals surface area contributed by atoms with E-state index in [2.05, 4.69) is 38.7 Å². The Kier molecular flexibility index (Phi) is 3.74. The Morgan fingerprint density at radius 1 is 1.14 bits per heavy atom. The van der Waals surface area contributed by atoms with Crippen molar-refractivity contribution in [2.75, 3.05) is 11.9 Å². The number of anilines is 1. The molecule has 2 fully saturated rings. The third-order valence-corrected chi connectivity index (χ3v) is 5.30. The van der Waals surface area contributed by atoms with E-state index in [1.165, 1.54) is 49.5 Å². The molecule has 5 nitrogen and oxygen atoms in total. The largest absolute Gasteiger partial charge is 0.365 e. The molecule has 1 aliphatic carbocycles. The Bertz CT molecular complexity index is 636. The zero-order valence-corrected chi connectivity index (χ0v) is 13.2. The molecule has 22 heavy (non-hydrogen) atoms. The molecule has 5 heteroatoms. The van der Waals surface area contributed by atoms with Gasteiger partial charge in [0.15, 0.2) is 0 Å². The minimum Gasteiger partial charge on any atom is -0.365 e. The van der Waals surface area contributed by atoms with Gasteiger partial charge in [-0.1, -0.05) is 12.8 Å². The monoisotopic (exact) mass is 299 g/mol. The number of hydrogen-bond donors (Lipinski definition) is 3. The van der Waals surface area contributed by atoms with Gasteiger partial charge in [0.25, 0.3) is 0 Å². The summed E-state index contributed by atoms with van der Waals surface area (Å²) >= 11 is 0. The van der Waals surface area contributed by atoms with Crippen LogP contribution in [0.4, 0.5) is 5.82 Å². The lowest BCUT2D eigenvalue weighted by Crippen LogP contribution is -2.43. The molecule has 2 aromatic heterocycles. The number of fused-ring (bicyclic) bond motifs is 1. The number of hydrogen-bond acceptors (Lipinski definition) is 4. The van der Waals surface area contributed by atoms with Crippen LogP contribution in [-0.2, 0) is 0 Å². The first-order valence-electron chi connectivity index (χ1n) is 8.63. The normalized spacial score (nSPS) is 26.6. The van der Waals surface area contributed by atoms with E-state index in [9.17, 15) is 0 Å². The van der Waals surface area contributed by atoms with Crippen LogP contribution < -0.4 is 10.6 Å². The van der Waals surface area contributed by atoms with E-state index >= 15 is 0 Å². The SMILES string of the molecule is CC1CCC(Nc2ncnc3[nH]cc(C4CCCC4)c23)CN1. The van der Waals surface area contributed by atoms with E-state index < -0.39 is 0 Å². The lowest BCUT2D eigenvalue weighted by atomic mass is 9.97. The standard InChI is InChI=1S/C17H25N5/c1-11-6-7-13(8-18-11)22-17-15-14(12-4-2-3-5-12)9-19-16(15)20-10-21-17/h9-13,18H,2-8H2,1H3,(H2,19,20,21,22). The Balaban J connectivity index is 1.63. The fraction of sp³-hybridized carbons (Fsp3) is 0.647. The molecule has 118 valence electrons. The number of aromatic nitrogens is 3. The second-order valence-electron chi connectivity index (χ2n) is 6.90. The molecule has 3 N–H and O–H groups in total. The van der Waals surface area contributed by atoms with Crippen molar-refractivity contribution in [2.24, 2.45) is 0 Å². The third kappa shape index (κ3) is 2.58. The van der Waals surface area contributed by atoms with Crippen LogP contribution in [0.3, 0.4) is 0 Å². The van der Waals surface area contributed by atoms with Crippen LogP contribution in [-0.4, -0.2) is 33.6 Å². The summed E-state index contributed by atoms with van der Waals surface area (Å²) in [6.45, 7) is 3.26. The fourth-order valence-corrected chi connectivity index (χ4v) is 3.97. The van der Waals surface area contributed by atoms with Gasteiger partial charge in [0.2, 0.25) is 0 Å². The van der Waals surface area contributed by atoms with Crippen molar-refractivity contribution in [3.8, 4) is 0 Å². The molecule has 2 aromatic rings. The average molecular weight is 299 g/mol. The number of piperidine rings is 1. The predicted molar refractivity (Wildman–Crippen MR) is 89.2 cm³/mol. The quantitative estimate of drug-likeness (QED) is 0.814. The van der Waals surface area contributed by atoms with Crippen molar-refractivity contribution in [3.63, 3.8) is 0 Å². The van der Waals surface area contributed by atoms with Gasteiger partial charge in [-0.3, -0.25) is 0 Å². The molecular weight excluding hydrogens is 274 g/mol. The van der Waals surface area contributed by atoms with Gasteiger partial charge in [-0.25, -0.2) is 9.97 Å². The minimum atomic E-state index is 0.459. The van der Waals surface area contributed by atoms with Crippen molar-refractivity contribution in [3.05, 3.63) is 18.1 Å². The number of aromatic amines is 1. The summed E-state index contributed by atoms with van der Waals surface area (Å²) in [5, 5.41) is 8.43. The average Bonchev–Trinajstić information content (AvgIpc) is 3.18. The van der Waals surface area contributed by atoms with Crippen molar-refractivity contribution in [2.45, 2.75) is 63.5 Å². The fourth-order valence-electron chi connectivity index (χ4n) is 3.97. The van der Waals surface area contributed by atoms with E-state index in [1.807, 2.05) is 0 Å². The summed E-state index contributed by atoms with van der Waals surface area (Å²) in [5.41, 5.74) is 2.38. The van der Waals surface area contributed by atoms with Crippen LogP contribution >= 0.6 is 0 Å². The molecule has 4 rings (SSSR count). The summed E-state index contributed by atoms with van der Waals surface area (Å²) in [5.74, 6) is 1.68. The van der Waals surface area contributed by atoms with Gasteiger partial charge < -0.3 is 15.6 Å². The molecule has 1 saturated heterocycles. The molecular formula is C17H25N5. The van der Waals surface area contributed by atoms with Crippen molar-refractivity contribution >= 4 is 16.9 Å². The summed E-state index contributed by atoms with van der Waals surface area (Å²) in [6, 6.07) is 1.09. The lowest BCUT2D eigenvalue weighted by Gasteiger charge is -2.29. The van der Waals surface area contributed by atoms with E-state index in [1.54, 1.807) is 6.33 Å². The Morgan fingerprint density at radius 2 is 2.00 bits per heavy atom. The summed E-state index contributed by atoms with van der Waals surface area (Å²) in [4.78, 5) is 12.3. The molecule has 0 radical (unpaired) electrons. The maximum absolute atomic E-state index is 4.55. The van der Waals surface area contributed by atoms with Crippen molar-refractivity contribution < 1.29 is 0 Å². The zero-order chi connectivity index (χ0) is 14.9. The molecule has 0 spiro atoms.